The molecule has 0 amide bonds. The van der Waals surface area contributed by atoms with Crippen molar-refractivity contribution >= 4 is 0 Å². The quantitative estimate of drug-likeness (QED) is 0.211. The van der Waals surface area contributed by atoms with E-state index in [4.69, 9.17) is 0 Å². The Bertz CT molecular complexity index is 1590. The summed E-state index contributed by atoms with van der Waals surface area (Å²) in [4.78, 5) is 0. The molecule has 0 fully saturated rings. The standard InChI is InChI=1S/C30H12F12N2/c31-27(32,33)23-9-17(10-24(15-23)28(34,35)36)1-3-19-13-20(22(6-8-44)14-21(19)5-7-43)4-2-18-11-25(29(37,38)39)16-26(12-18)30(40,41)42/h9-16H,5-6H2. The second kappa shape index (κ2) is 12.3. The third-order valence-corrected chi connectivity index (χ3v) is 5.73. The Hall–Kier alpha value is -5.08. The summed E-state index contributed by atoms with van der Waals surface area (Å²) < 4.78 is 159. The highest BCUT2D eigenvalue weighted by atomic mass is 19.4. The number of alkyl halides is 12. The van der Waals surface area contributed by atoms with Gasteiger partial charge in [-0.3, -0.25) is 0 Å². The first-order valence-corrected chi connectivity index (χ1v) is 11.7. The van der Waals surface area contributed by atoms with Crippen LogP contribution in [0.4, 0.5) is 52.7 Å². The summed E-state index contributed by atoms with van der Waals surface area (Å²) in [5.74, 6) is 9.03. The Morgan fingerprint density at radius 3 is 0.955 bits per heavy atom. The van der Waals surface area contributed by atoms with Gasteiger partial charge in [0.1, 0.15) is 0 Å². The van der Waals surface area contributed by atoms with Gasteiger partial charge >= 0.3 is 24.7 Å². The maximum atomic E-state index is 13.2. The molecule has 0 aromatic heterocycles. The highest BCUT2D eigenvalue weighted by Gasteiger charge is 2.38. The zero-order chi connectivity index (χ0) is 33.1. The molecule has 44 heavy (non-hydrogen) atoms. The Kier molecular flexibility index (Phi) is 9.32. The molecule has 0 N–H and O–H groups in total. The van der Waals surface area contributed by atoms with E-state index >= 15 is 0 Å². The van der Waals surface area contributed by atoms with Crippen LogP contribution in [-0.4, -0.2) is 0 Å². The fourth-order valence-corrected chi connectivity index (χ4v) is 3.72. The maximum Gasteiger partial charge on any atom is 0.416 e. The molecule has 0 bridgehead atoms. The van der Waals surface area contributed by atoms with Crippen LogP contribution in [-0.2, 0) is 37.5 Å². The molecule has 3 aromatic carbocycles. The number of benzene rings is 3. The summed E-state index contributed by atoms with van der Waals surface area (Å²) >= 11 is 0. The highest BCUT2D eigenvalue weighted by molar-refractivity contribution is 5.57. The molecule has 0 radical (unpaired) electrons. The first kappa shape index (κ1) is 33.4. The number of nitrogens with zero attached hydrogens (tertiary/aromatic N) is 2. The van der Waals surface area contributed by atoms with E-state index in [1.165, 1.54) is 6.07 Å². The molecule has 14 heteroatoms. The molecule has 0 saturated heterocycles. The van der Waals surface area contributed by atoms with Crippen molar-refractivity contribution in [2.24, 2.45) is 0 Å². The lowest BCUT2D eigenvalue weighted by Gasteiger charge is -2.12. The van der Waals surface area contributed by atoms with E-state index in [2.05, 4.69) is 23.7 Å². The predicted molar refractivity (Wildman–Crippen MR) is 130 cm³/mol. The molecule has 0 aliphatic carbocycles. The summed E-state index contributed by atoms with van der Waals surface area (Å²) in [5.41, 5.74) is -8.08. The van der Waals surface area contributed by atoms with Gasteiger partial charge in [-0.15, -0.1) is 0 Å². The molecule has 0 aliphatic heterocycles. The van der Waals surface area contributed by atoms with Gasteiger partial charge in [-0.1, -0.05) is 29.7 Å². The summed E-state index contributed by atoms with van der Waals surface area (Å²) in [7, 11) is 0. The molecule has 2 nitrogen and oxygen atoms in total. The van der Waals surface area contributed by atoms with Gasteiger partial charge in [-0.05, 0) is 53.6 Å². The summed E-state index contributed by atoms with van der Waals surface area (Å²) in [5, 5.41) is 18.4. The zero-order valence-electron chi connectivity index (χ0n) is 21.5. The van der Waals surface area contributed by atoms with Gasteiger partial charge in [0.25, 0.3) is 0 Å². The monoisotopic (exact) mass is 628 g/mol. The molecule has 3 aromatic rings. The Morgan fingerprint density at radius 2 is 0.705 bits per heavy atom. The lowest BCUT2D eigenvalue weighted by molar-refractivity contribution is -0.144. The van der Waals surface area contributed by atoms with Gasteiger partial charge in [0.15, 0.2) is 0 Å². The number of hydrogen-bond donors (Lipinski definition) is 0. The van der Waals surface area contributed by atoms with Gasteiger partial charge in [-0.2, -0.15) is 63.2 Å². The average molecular weight is 628 g/mol. The Morgan fingerprint density at radius 1 is 0.409 bits per heavy atom. The van der Waals surface area contributed by atoms with Crippen LogP contribution in [0.5, 0.6) is 0 Å². The smallest absolute Gasteiger partial charge is 0.198 e. The van der Waals surface area contributed by atoms with E-state index in [1.807, 2.05) is 0 Å². The lowest BCUT2D eigenvalue weighted by Crippen LogP contribution is -2.11. The third kappa shape index (κ3) is 8.49. The summed E-state index contributed by atoms with van der Waals surface area (Å²) in [6, 6.07) is 7.09. The first-order valence-electron chi connectivity index (χ1n) is 11.7. The highest BCUT2D eigenvalue weighted by Crippen LogP contribution is 2.37. The minimum atomic E-state index is -5.15. The molecule has 0 saturated carbocycles. The largest absolute Gasteiger partial charge is 0.416 e. The van der Waals surface area contributed by atoms with Crippen LogP contribution in [0.3, 0.4) is 0 Å². The molecule has 3 rings (SSSR count). The van der Waals surface area contributed by atoms with Crippen molar-refractivity contribution < 1.29 is 52.7 Å². The van der Waals surface area contributed by atoms with Crippen molar-refractivity contribution in [1.29, 1.82) is 10.5 Å². The van der Waals surface area contributed by atoms with Crippen molar-refractivity contribution in [2.45, 2.75) is 37.5 Å². The van der Waals surface area contributed by atoms with Gasteiger partial charge in [-0.25, -0.2) is 0 Å². The van der Waals surface area contributed by atoms with Gasteiger partial charge in [0.2, 0.25) is 0 Å². The minimum absolute atomic E-state index is 0.0808. The summed E-state index contributed by atoms with van der Waals surface area (Å²) in [6.07, 6.45) is -21.4. The lowest BCUT2D eigenvalue weighted by atomic mass is 9.95. The second-order valence-electron chi connectivity index (χ2n) is 8.93. The van der Waals surface area contributed by atoms with Gasteiger partial charge in [0.05, 0.1) is 47.2 Å². The van der Waals surface area contributed by atoms with Crippen molar-refractivity contribution in [3.63, 3.8) is 0 Å². The molecule has 0 aliphatic rings. The molecule has 0 atom stereocenters. The van der Waals surface area contributed by atoms with E-state index in [9.17, 15) is 63.2 Å². The molecule has 0 spiro atoms. The van der Waals surface area contributed by atoms with Crippen LogP contribution in [0.2, 0.25) is 0 Å². The fraction of sp³-hybridized carbons (Fsp3) is 0.200. The van der Waals surface area contributed by atoms with Crippen LogP contribution >= 0.6 is 0 Å². The third-order valence-electron chi connectivity index (χ3n) is 5.73. The second-order valence-corrected chi connectivity index (χ2v) is 8.93. The first-order chi connectivity index (χ1) is 20.2. The predicted octanol–water partition coefficient (Wildman–Crippen LogP) is 8.69. The molecular weight excluding hydrogens is 616 g/mol. The minimum Gasteiger partial charge on any atom is -0.198 e. The number of halogens is 12. The van der Waals surface area contributed by atoms with Gasteiger partial charge < -0.3 is 0 Å². The SMILES string of the molecule is N#CCc1cc(CC#N)c(C#Cc2cc(C(F)(F)F)cc(C(F)(F)F)c2)cc1C#Cc1cc(C(F)(F)F)cc(C(F)(F)F)c1. The van der Waals surface area contributed by atoms with Crippen molar-refractivity contribution in [2.75, 3.05) is 0 Å². The maximum absolute atomic E-state index is 13.2. The van der Waals surface area contributed by atoms with Crippen LogP contribution in [0, 0.1) is 46.3 Å². The average Bonchev–Trinajstić information content (AvgIpc) is 2.90. The molecular formula is C30H12F12N2. The normalized spacial score (nSPS) is 11.9. The number of rotatable bonds is 2. The molecule has 226 valence electrons. The number of nitriles is 2. The van der Waals surface area contributed by atoms with E-state index in [0.29, 0.717) is 24.3 Å². The van der Waals surface area contributed by atoms with Crippen LogP contribution in [0.25, 0.3) is 0 Å². The van der Waals surface area contributed by atoms with E-state index in [-0.39, 0.29) is 34.4 Å². The van der Waals surface area contributed by atoms with Gasteiger partial charge in [0, 0.05) is 22.3 Å². The zero-order valence-corrected chi connectivity index (χ0v) is 21.5. The van der Waals surface area contributed by atoms with Crippen molar-refractivity contribution in [3.8, 4) is 35.8 Å². The fourth-order valence-electron chi connectivity index (χ4n) is 3.72. The van der Waals surface area contributed by atoms with Crippen molar-refractivity contribution in [3.05, 3.63) is 104 Å². The molecule has 0 heterocycles. The van der Waals surface area contributed by atoms with Crippen molar-refractivity contribution in [1.82, 2.24) is 0 Å². The summed E-state index contributed by atoms with van der Waals surface area (Å²) in [6.45, 7) is 0. The molecule has 0 unspecified atom stereocenters. The topological polar surface area (TPSA) is 47.6 Å². The van der Waals surface area contributed by atoms with E-state index in [1.54, 1.807) is 12.1 Å². The van der Waals surface area contributed by atoms with Crippen LogP contribution in [0.15, 0.2) is 48.5 Å². The van der Waals surface area contributed by atoms with E-state index < -0.39 is 70.9 Å². The van der Waals surface area contributed by atoms with Crippen LogP contribution < -0.4 is 0 Å². The van der Waals surface area contributed by atoms with Crippen LogP contribution in [0.1, 0.15) is 55.6 Å². The number of hydrogen-bond acceptors (Lipinski definition) is 2. The Labute approximate surface area is 241 Å². The Balaban J connectivity index is 2.23. The van der Waals surface area contributed by atoms with E-state index in [0.717, 1.165) is 6.07 Å².